The lowest BCUT2D eigenvalue weighted by molar-refractivity contribution is -0.134. The highest BCUT2D eigenvalue weighted by molar-refractivity contribution is 5.66. The molecule has 0 unspecified atom stereocenters. The van der Waals surface area contributed by atoms with E-state index in [2.05, 4.69) is 12.2 Å². The highest BCUT2D eigenvalue weighted by Gasteiger charge is 2.69. The first-order chi connectivity index (χ1) is 7.65. The lowest BCUT2D eigenvalue weighted by atomic mass is 9.87. The average molecular weight is 225 g/mol. The number of epoxide rings is 1. The van der Waals surface area contributed by atoms with Crippen LogP contribution in [0.1, 0.15) is 13.3 Å². The number of carbonyl (C=O) groups excluding carboxylic acids is 1. The number of allylic oxidation sites excluding steroid dienone is 1. The highest BCUT2D eigenvalue weighted by Crippen LogP contribution is 2.59. The van der Waals surface area contributed by atoms with Crippen LogP contribution in [0.2, 0.25) is 0 Å². The summed E-state index contributed by atoms with van der Waals surface area (Å²) in [5.41, 5.74) is -0.173. The Balaban J connectivity index is 1.78. The maximum atomic E-state index is 11.2. The Kier molecular flexibility index (Phi) is 1.95. The zero-order valence-electron chi connectivity index (χ0n) is 9.30. The largest absolute Gasteiger partial charge is 0.462 e. The van der Waals surface area contributed by atoms with Gasteiger partial charge in [-0.1, -0.05) is 0 Å². The number of amides is 1. The van der Waals surface area contributed by atoms with E-state index in [9.17, 15) is 4.79 Å². The number of hydrogen-bond donors (Lipinski definition) is 1. The standard InChI is InChI=1S/C11H15NO4/c1-11-7(16-11)5-6-3-4-14-9(8(6)11)15-10(13)12-2/h3-4,6-9H,5H2,1-2H3,(H,12,13)/t6-,7+,8+,9+,11+/m1/s1. The van der Waals surface area contributed by atoms with E-state index in [1.165, 1.54) is 7.05 Å². The Hall–Kier alpha value is -1.23. The minimum Gasteiger partial charge on any atom is -0.462 e. The van der Waals surface area contributed by atoms with Crippen molar-refractivity contribution in [1.82, 2.24) is 5.32 Å². The van der Waals surface area contributed by atoms with Crippen molar-refractivity contribution in [2.24, 2.45) is 11.8 Å². The number of carbonyl (C=O) groups is 1. The number of nitrogens with one attached hydrogen (secondary N) is 1. The van der Waals surface area contributed by atoms with Crippen molar-refractivity contribution in [3.63, 3.8) is 0 Å². The van der Waals surface area contributed by atoms with Crippen molar-refractivity contribution in [1.29, 1.82) is 0 Å². The maximum absolute atomic E-state index is 11.2. The summed E-state index contributed by atoms with van der Waals surface area (Å²) in [4.78, 5) is 11.2. The number of fused-ring (bicyclic) bond motifs is 3. The molecule has 0 aromatic carbocycles. The molecule has 5 atom stereocenters. The first kappa shape index (κ1) is 9.96. The van der Waals surface area contributed by atoms with Crippen molar-refractivity contribution in [2.45, 2.75) is 31.3 Å². The average Bonchev–Trinajstić information content (AvgIpc) is 2.81. The molecule has 1 saturated heterocycles. The summed E-state index contributed by atoms with van der Waals surface area (Å²) < 4.78 is 16.2. The minimum absolute atomic E-state index is 0.111. The Labute approximate surface area is 93.7 Å². The van der Waals surface area contributed by atoms with Crippen LogP contribution in [0.4, 0.5) is 4.79 Å². The van der Waals surface area contributed by atoms with Gasteiger partial charge in [0, 0.05) is 7.05 Å². The number of alkyl carbamates (subject to hydrolysis) is 1. The second kappa shape index (κ2) is 3.13. The van der Waals surface area contributed by atoms with E-state index in [0.29, 0.717) is 12.0 Å². The molecule has 2 fully saturated rings. The predicted octanol–water partition coefficient (Wildman–Crippen LogP) is 1.01. The van der Waals surface area contributed by atoms with Crippen LogP contribution in [-0.4, -0.2) is 31.1 Å². The molecule has 5 heteroatoms. The molecular formula is C11H15NO4. The Bertz CT molecular complexity index is 356. The fourth-order valence-corrected chi connectivity index (χ4v) is 2.91. The first-order valence-corrected chi connectivity index (χ1v) is 5.53. The van der Waals surface area contributed by atoms with Gasteiger partial charge in [0.2, 0.25) is 0 Å². The molecule has 0 spiro atoms. The topological polar surface area (TPSA) is 60.1 Å². The molecule has 3 aliphatic rings. The minimum atomic E-state index is -0.535. The molecule has 88 valence electrons. The summed E-state index contributed by atoms with van der Waals surface area (Å²) in [5, 5.41) is 2.43. The molecule has 16 heavy (non-hydrogen) atoms. The summed E-state index contributed by atoms with van der Waals surface area (Å²) in [5.74, 6) is 0.506. The quantitative estimate of drug-likeness (QED) is 0.676. The van der Waals surface area contributed by atoms with Gasteiger partial charge in [-0.3, -0.25) is 0 Å². The Morgan fingerprint density at radius 1 is 1.62 bits per heavy atom. The predicted molar refractivity (Wildman–Crippen MR) is 54.4 cm³/mol. The van der Waals surface area contributed by atoms with E-state index in [1.54, 1.807) is 6.26 Å². The van der Waals surface area contributed by atoms with Gasteiger partial charge in [0.25, 0.3) is 6.29 Å². The van der Waals surface area contributed by atoms with Crippen LogP contribution in [0.5, 0.6) is 0 Å². The van der Waals surface area contributed by atoms with Gasteiger partial charge in [-0.15, -0.1) is 0 Å². The molecule has 0 aromatic rings. The second-order valence-electron chi connectivity index (χ2n) is 4.70. The molecule has 0 radical (unpaired) electrons. The normalized spacial score (nSPS) is 47.6. The molecule has 1 aliphatic carbocycles. The second-order valence-corrected chi connectivity index (χ2v) is 4.70. The van der Waals surface area contributed by atoms with Crippen LogP contribution in [0.25, 0.3) is 0 Å². The van der Waals surface area contributed by atoms with Crippen LogP contribution in [0.15, 0.2) is 12.3 Å². The van der Waals surface area contributed by atoms with Gasteiger partial charge in [-0.25, -0.2) is 4.79 Å². The van der Waals surface area contributed by atoms with E-state index in [0.717, 1.165) is 6.42 Å². The van der Waals surface area contributed by atoms with Crippen molar-refractivity contribution >= 4 is 6.09 Å². The van der Waals surface area contributed by atoms with E-state index < -0.39 is 12.4 Å². The summed E-state index contributed by atoms with van der Waals surface area (Å²) in [7, 11) is 1.53. The van der Waals surface area contributed by atoms with E-state index >= 15 is 0 Å². The summed E-state index contributed by atoms with van der Waals surface area (Å²) >= 11 is 0. The van der Waals surface area contributed by atoms with Gasteiger partial charge < -0.3 is 19.5 Å². The summed E-state index contributed by atoms with van der Waals surface area (Å²) in [6.07, 6.45) is 3.95. The molecule has 2 aliphatic heterocycles. The van der Waals surface area contributed by atoms with Crippen LogP contribution >= 0.6 is 0 Å². The van der Waals surface area contributed by atoms with Gasteiger partial charge >= 0.3 is 6.09 Å². The van der Waals surface area contributed by atoms with Crippen molar-refractivity contribution in [3.05, 3.63) is 12.3 Å². The van der Waals surface area contributed by atoms with E-state index in [4.69, 9.17) is 14.2 Å². The number of rotatable bonds is 1. The van der Waals surface area contributed by atoms with Gasteiger partial charge in [0.05, 0.1) is 18.3 Å². The van der Waals surface area contributed by atoms with Crippen molar-refractivity contribution in [2.75, 3.05) is 7.05 Å². The molecule has 1 amide bonds. The zero-order valence-corrected chi connectivity index (χ0v) is 9.30. The van der Waals surface area contributed by atoms with Crippen molar-refractivity contribution in [3.8, 4) is 0 Å². The Morgan fingerprint density at radius 3 is 3.19 bits per heavy atom. The van der Waals surface area contributed by atoms with Crippen LogP contribution in [0, 0.1) is 11.8 Å². The number of ether oxygens (including phenoxy) is 3. The third-order valence-electron chi connectivity index (χ3n) is 3.85. The Morgan fingerprint density at radius 2 is 2.44 bits per heavy atom. The molecule has 1 saturated carbocycles. The SMILES string of the molecule is CNC(=O)O[C@@H]1OC=C[C@@H]2C[C@@H]3O[C@]3(C)[C@H]12. The smallest absolute Gasteiger partial charge is 0.409 e. The van der Waals surface area contributed by atoms with Crippen LogP contribution in [-0.2, 0) is 14.2 Å². The molecule has 5 nitrogen and oxygen atoms in total. The fraction of sp³-hybridized carbons (Fsp3) is 0.727. The van der Waals surface area contributed by atoms with E-state index in [1.807, 2.05) is 6.08 Å². The van der Waals surface area contributed by atoms with E-state index in [-0.39, 0.29) is 11.5 Å². The third kappa shape index (κ3) is 1.24. The third-order valence-corrected chi connectivity index (χ3v) is 3.85. The first-order valence-electron chi connectivity index (χ1n) is 5.53. The molecular weight excluding hydrogens is 210 g/mol. The zero-order chi connectivity index (χ0) is 11.3. The van der Waals surface area contributed by atoms with Gasteiger partial charge in [-0.05, 0) is 25.3 Å². The van der Waals surface area contributed by atoms with Crippen LogP contribution < -0.4 is 5.32 Å². The van der Waals surface area contributed by atoms with Gasteiger partial charge in [0.1, 0.15) is 5.60 Å². The molecule has 0 aromatic heterocycles. The molecule has 0 bridgehead atoms. The lowest BCUT2D eigenvalue weighted by Crippen LogP contribution is -2.42. The lowest BCUT2D eigenvalue weighted by Gasteiger charge is -2.33. The highest BCUT2D eigenvalue weighted by atomic mass is 16.7. The molecule has 3 rings (SSSR count). The monoisotopic (exact) mass is 225 g/mol. The van der Waals surface area contributed by atoms with Gasteiger partial charge in [-0.2, -0.15) is 0 Å². The summed E-state index contributed by atoms with van der Waals surface area (Å²) in [6, 6.07) is 0. The summed E-state index contributed by atoms with van der Waals surface area (Å²) in [6.45, 7) is 2.06. The molecule has 2 heterocycles. The fourth-order valence-electron chi connectivity index (χ4n) is 2.91. The molecule has 1 N–H and O–H groups in total. The van der Waals surface area contributed by atoms with Gasteiger partial charge in [0.15, 0.2) is 0 Å². The number of hydrogen-bond acceptors (Lipinski definition) is 4. The maximum Gasteiger partial charge on any atom is 0.409 e. The van der Waals surface area contributed by atoms with Crippen LogP contribution in [0.3, 0.4) is 0 Å². The van der Waals surface area contributed by atoms with Crippen molar-refractivity contribution < 1.29 is 19.0 Å².